The van der Waals surface area contributed by atoms with Gasteiger partial charge >= 0.3 is 0 Å². The van der Waals surface area contributed by atoms with E-state index in [9.17, 15) is 9.90 Å². The van der Waals surface area contributed by atoms with Crippen LogP contribution in [-0.4, -0.2) is 23.7 Å². The molecule has 21 heavy (non-hydrogen) atoms. The number of carbonyl (C=O) groups excluding carboxylic acids is 1. The number of benzene rings is 1. The van der Waals surface area contributed by atoms with E-state index in [4.69, 9.17) is 5.73 Å². The summed E-state index contributed by atoms with van der Waals surface area (Å²) in [7, 11) is 0. The van der Waals surface area contributed by atoms with Crippen molar-refractivity contribution in [1.82, 2.24) is 5.32 Å². The van der Waals surface area contributed by atoms with Crippen molar-refractivity contribution in [2.24, 2.45) is 11.7 Å². The minimum absolute atomic E-state index is 0. The first-order valence-corrected chi connectivity index (χ1v) is 7.42. The largest absolute Gasteiger partial charge is 0.393 e. The molecule has 3 unspecified atom stereocenters. The fourth-order valence-electron chi connectivity index (χ4n) is 2.76. The van der Waals surface area contributed by atoms with E-state index in [-0.39, 0.29) is 42.8 Å². The molecule has 1 aliphatic carbocycles. The van der Waals surface area contributed by atoms with Crippen LogP contribution in [0.2, 0.25) is 0 Å². The standard InChI is InChI=1S/C16H24N2O2.ClH/c17-14(12-6-2-1-3-7-12)10-16(20)18-11-13-8-4-5-9-15(13)19;/h1-3,6-7,13-15,19H,4-5,8-11,17H2,(H,18,20);1H. The Balaban J connectivity index is 0.00000220. The molecule has 1 amide bonds. The molecule has 4 nitrogen and oxygen atoms in total. The average Bonchev–Trinajstić information content (AvgIpc) is 2.47. The molecule has 0 aliphatic heterocycles. The third kappa shape index (κ3) is 5.65. The molecule has 1 aliphatic rings. The fraction of sp³-hybridized carbons (Fsp3) is 0.562. The van der Waals surface area contributed by atoms with E-state index in [1.165, 1.54) is 0 Å². The Hall–Kier alpha value is -1.10. The van der Waals surface area contributed by atoms with Crippen LogP contribution in [0.25, 0.3) is 0 Å². The van der Waals surface area contributed by atoms with Gasteiger partial charge < -0.3 is 16.2 Å². The van der Waals surface area contributed by atoms with E-state index < -0.39 is 0 Å². The molecule has 0 spiro atoms. The van der Waals surface area contributed by atoms with Gasteiger partial charge in [-0.15, -0.1) is 12.4 Å². The van der Waals surface area contributed by atoms with Crippen LogP contribution in [0.1, 0.15) is 43.7 Å². The summed E-state index contributed by atoms with van der Waals surface area (Å²) in [6.07, 6.45) is 4.08. The van der Waals surface area contributed by atoms with Crippen molar-refractivity contribution >= 4 is 18.3 Å². The first-order chi connectivity index (χ1) is 9.66. The van der Waals surface area contributed by atoms with Crippen molar-refractivity contribution < 1.29 is 9.90 Å². The van der Waals surface area contributed by atoms with Crippen LogP contribution in [0.15, 0.2) is 30.3 Å². The quantitative estimate of drug-likeness (QED) is 0.780. The van der Waals surface area contributed by atoms with Gasteiger partial charge in [0, 0.05) is 24.9 Å². The Labute approximate surface area is 132 Å². The van der Waals surface area contributed by atoms with Gasteiger partial charge in [0.2, 0.25) is 5.91 Å². The Morgan fingerprint density at radius 2 is 1.95 bits per heavy atom. The van der Waals surface area contributed by atoms with Crippen LogP contribution in [0.4, 0.5) is 0 Å². The van der Waals surface area contributed by atoms with Gasteiger partial charge in [-0.2, -0.15) is 0 Å². The average molecular weight is 313 g/mol. The lowest BCUT2D eigenvalue weighted by molar-refractivity contribution is -0.121. The van der Waals surface area contributed by atoms with E-state index in [0.29, 0.717) is 6.54 Å². The second-order valence-electron chi connectivity index (χ2n) is 5.64. The van der Waals surface area contributed by atoms with Crippen LogP contribution in [0, 0.1) is 5.92 Å². The molecule has 2 rings (SSSR count). The summed E-state index contributed by atoms with van der Waals surface area (Å²) in [5.41, 5.74) is 6.99. The molecule has 118 valence electrons. The molecule has 0 radical (unpaired) electrons. The maximum Gasteiger partial charge on any atom is 0.221 e. The highest BCUT2D eigenvalue weighted by Crippen LogP contribution is 2.23. The SMILES string of the molecule is Cl.NC(CC(=O)NCC1CCCCC1O)c1ccccc1. The lowest BCUT2D eigenvalue weighted by Crippen LogP contribution is -2.37. The van der Waals surface area contributed by atoms with Crippen LogP contribution < -0.4 is 11.1 Å². The molecular formula is C16H25ClN2O2. The molecule has 0 bridgehead atoms. The van der Waals surface area contributed by atoms with Crippen LogP contribution in [0.3, 0.4) is 0 Å². The topological polar surface area (TPSA) is 75.4 Å². The lowest BCUT2D eigenvalue weighted by Gasteiger charge is -2.27. The second-order valence-corrected chi connectivity index (χ2v) is 5.64. The van der Waals surface area contributed by atoms with Gasteiger partial charge in [0.25, 0.3) is 0 Å². The summed E-state index contributed by atoms with van der Waals surface area (Å²) < 4.78 is 0. The predicted octanol–water partition coefficient (Wildman–Crippen LogP) is 2.17. The van der Waals surface area contributed by atoms with E-state index in [0.717, 1.165) is 31.2 Å². The van der Waals surface area contributed by atoms with Crippen molar-refractivity contribution in [3.63, 3.8) is 0 Å². The van der Waals surface area contributed by atoms with Gasteiger partial charge in [-0.25, -0.2) is 0 Å². The zero-order valence-corrected chi connectivity index (χ0v) is 13.0. The van der Waals surface area contributed by atoms with Crippen LogP contribution in [-0.2, 0) is 4.79 Å². The molecule has 0 aromatic heterocycles. The lowest BCUT2D eigenvalue weighted by atomic mass is 9.86. The molecule has 3 atom stereocenters. The van der Waals surface area contributed by atoms with Crippen molar-refractivity contribution in [2.75, 3.05) is 6.54 Å². The highest BCUT2D eigenvalue weighted by molar-refractivity contribution is 5.85. The molecule has 0 heterocycles. The second kappa shape index (κ2) is 9.03. The summed E-state index contributed by atoms with van der Waals surface area (Å²) in [6, 6.07) is 9.37. The zero-order chi connectivity index (χ0) is 14.4. The number of amides is 1. The van der Waals surface area contributed by atoms with Crippen molar-refractivity contribution in [3.05, 3.63) is 35.9 Å². The summed E-state index contributed by atoms with van der Waals surface area (Å²) in [4.78, 5) is 11.9. The van der Waals surface area contributed by atoms with Crippen molar-refractivity contribution in [1.29, 1.82) is 0 Å². The minimum Gasteiger partial charge on any atom is -0.393 e. The number of halogens is 1. The van der Waals surface area contributed by atoms with E-state index in [1.807, 2.05) is 30.3 Å². The van der Waals surface area contributed by atoms with Crippen LogP contribution in [0.5, 0.6) is 0 Å². The van der Waals surface area contributed by atoms with Gasteiger partial charge in [0.15, 0.2) is 0 Å². The molecule has 1 saturated carbocycles. The molecular weight excluding hydrogens is 288 g/mol. The summed E-state index contributed by atoms with van der Waals surface area (Å²) in [5, 5.41) is 12.8. The highest BCUT2D eigenvalue weighted by Gasteiger charge is 2.23. The molecule has 5 heteroatoms. The number of hydrogen-bond donors (Lipinski definition) is 3. The minimum atomic E-state index is -0.271. The Morgan fingerprint density at radius 1 is 1.29 bits per heavy atom. The number of rotatable bonds is 5. The summed E-state index contributed by atoms with van der Waals surface area (Å²) in [5.74, 6) is 0.153. The summed E-state index contributed by atoms with van der Waals surface area (Å²) >= 11 is 0. The van der Waals surface area contributed by atoms with Crippen molar-refractivity contribution in [3.8, 4) is 0 Å². The Kier molecular flexibility index (Phi) is 7.72. The Bertz CT molecular complexity index is 428. The molecule has 4 N–H and O–H groups in total. The third-order valence-electron chi connectivity index (χ3n) is 4.06. The molecule has 0 saturated heterocycles. The highest BCUT2D eigenvalue weighted by atomic mass is 35.5. The number of aliphatic hydroxyl groups excluding tert-OH is 1. The number of carbonyl (C=O) groups is 1. The predicted molar refractivity (Wildman–Crippen MR) is 86.2 cm³/mol. The normalized spacial score (nSPS) is 23.0. The number of hydrogen-bond acceptors (Lipinski definition) is 3. The smallest absolute Gasteiger partial charge is 0.221 e. The third-order valence-corrected chi connectivity index (χ3v) is 4.06. The molecule has 1 aromatic carbocycles. The van der Waals surface area contributed by atoms with Crippen molar-refractivity contribution in [2.45, 2.75) is 44.2 Å². The molecule has 1 fully saturated rings. The maximum absolute atomic E-state index is 11.9. The molecule has 1 aromatic rings. The zero-order valence-electron chi connectivity index (χ0n) is 12.2. The first-order valence-electron chi connectivity index (χ1n) is 7.42. The monoisotopic (exact) mass is 312 g/mol. The number of aliphatic hydroxyl groups is 1. The summed E-state index contributed by atoms with van der Waals surface area (Å²) in [6.45, 7) is 0.557. The van der Waals surface area contributed by atoms with Crippen LogP contribution >= 0.6 is 12.4 Å². The fourth-order valence-corrected chi connectivity index (χ4v) is 2.76. The Morgan fingerprint density at radius 3 is 2.62 bits per heavy atom. The number of nitrogens with one attached hydrogen (secondary N) is 1. The van der Waals surface area contributed by atoms with Gasteiger partial charge in [-0.3, -0.25) is 4.79 Å². The van der Waals surface area contributed by atoms with E-state index in [2.05, 4.69) is 5.32 Å². The van der Waals surface area contributed by atoms with E-state index in [1.54, 1.807) is 0 Å². The van der Waals surface area contributed by atoms with Gasteiger partial charge in [-0.05, 0) is 18.4 Å². The first kappa shape index (κ1) is 18.0. The maximum atomic E-state index is 11.9. The van der Waals surface area contributed by atoms with Gasteiger partial charge in [0.1, 0.15) is 0 Å². The van der Waals surface area contributed by atoms with Gasteiger partial charge in [-0.1, -0.05) is 43.2 Å². The van der Waals surface area contributed by atoms with E-state index >= 15 is 0 Å². The number of nitrogens with two attached hydrogens (primary N) is 1. The van der Waals surface area contributed by atoms with Gasteiger partial charge in [0.05, 0.1) is 6.10 Å².